The van der Waals surface area contributed by atoms with Crippen LogP contribution < -0.4 is 4.74 Å². The molecule has 0 heterocycles. The van der Waals surface area contributed by atoms with E-state index in [0.29, 0.717) is 6.42 Å². The number of rotatable bonds is 5. The summed E-state index contributed by atoms with van der Waals surface area (Å²) in [6.45, 7) is 3.55. The van der Waals surface area contributed by atoms with Gasteiger partial charge in [0.05, 0.1) is 13.0 Å². The first kappa shape index (κ1) is 11.3. The van der Waals surface area contributed by atoms with Gasteiger partial charge < -0.3 is 9.84 Å². The second kappa shape index (κ2) is 5.20. The summed E-state index contributed by atoms with van der Waals surface area (Å²) in [4.78, 5) is 11.0. The molecule has 0 aromatic heterocycles. The average Bonchev–Trinajstić information content (AvgIpc) is 2.26. The maximum absolute atomic E-state index is 11.0. The van der Waals surface area contributed by atoms with Gasteiger partial charge in [0.1, 0.15) is 5.75 Å². The first-order chi connectivity index (χ1) is 7.19. The van der Waals surface area contributed by atoms with Crippen LogP contribution in [0, 0.1) is 0 Å². The van der Waals surface area contributed by atoms with Gasteiger partial charge in [0, 0.05) is 0 Å². The van der Waals surface area contributed by atoms with Gasteiger partial charge in [-0.2, -0.15) is 0 Å². The molecule has 0 spiro atoms. The molecule has 0 fully saturated rings. The van der Waals surface area contributed by atoms with E-state index in [0.717, 1.165) is 11.3 Å². The third-order valence-electron chi connectivity index (χ3n) is 2.22. The monoisotopic (exact) mass is 206 g/mol. The number of aliphatic carboxylic acids is 1. The van der Waals surface area contributed by atoms with Crippen LogP contribution in [0.5, 0.6) is 5.75 Å². The predicted octanol–water partition coefficient (Wildman–Crippen LogP) is 2.44. The maximum atomic E-state index is 11.0. The summed E-state index contributed by atoms with van der Waals surface area (Å²) in [5.74, 6) is -0.630. The summed E-state index contributed by atoms with van der Waals surface area (Å²) >= 11 is 0. The molecule has 1 atom stereocenters. The first-order valence-corrected chi connectivity index (χ1v) is 4.66. The van der Waals surface area contributed by atoms with Crippen molar-refractivity contribution in [2.24, 2.45) is 0 Å². The van der Waals surface area contributed by atoms with E-state index in [9.17, 15) is 4.79 Å². The van der Waals surface area contributed by atoms with E-state index in [1.807, 2.05) is 0 Å². The number of carboxylic acids is 1. The molecule has 1 rings (SSSR count). The molecule has 0 aliphatic rings. The minimum atomic E-state index is -0.833. The van der Waals surface area contributed by atoms with Crippen LogP contribution in [0.25, 0.3) is 0 Å². The third-order valence-corrected chi connectivity index (χ3v) is 2.22. The van der Waals surface area contributed by atoms with Gasteiger partial charge >= 0.3 is 5.97 Å². The van der Waals surface area contributed by atoms with Crippen molar-refractivity contribution < 1.29 is 14.6 Å². The molecule has 0 radical (unpaired) electrons. The van der Waals surface area contributed by atoms with Gasteiger partial charge in [-0.05, 0) is 24.1 Å². The summed E-state index contributed by atoms with van der Waals surface area (Å²) in [6.07, 6.45) is 2.05. The van der Waals surface area contributed by atoms with Crippen LogP contribution in [0.2, 0.25) is 0 Å². The molecular formula is C12H14O3. The molecule has 1 aromatic carbocycles. The molecule has 1 aromatic rings. The van der Waals surface area contributed by atoms with E-state index in [1.54, 1.807) is 37.5 Å². The van der Waals surface area contributed by atoms with E-state index in [-0.39, 0.29) is 0 Å². The van der Waals surface area contributed by atoms with Gasteiger partial charge in [0.15, 0.2) is 0 Å². The molecule has 0 saturated carbocycles. The highest BCUT2D eigenvalue weighted by Crippen LogP contribution is 2.22. The number of methoxy groups -OCH3 is 1. The normalized spacial score (nSPS) is 11.8. The Bertz CT molecular complexity index is 340. The number of carbonyl (C=O) groups is 1. The summed E-state index contributed by atoms with van der Waals surface area (Å²) in [5.41, 5.74) is 0.767. The van der Waals surface area contributed by atoms with Crippen molar-refractivity contribution in [3.8, 4) is 5.75 Å². The Balaban J connectivity index is 2.91. The Morgan fingerprint density at radius 1 is 1.53 bits per heavy atom. The van der Waals surface area contributed by atoms with Gasteiger partial charge in [0.25, 0.3) is 0 Å². The topological polar surface area (TPSA) is 46.5 Å². The van der Waals surface area contributed by atoms with Crippen LogP contribution in [0.3, 0.4) is 0 Å². The third kappa shape index (κ3) is 2.84. The van der Waals surface area contributed by atoms with Gasteiger partial charge in [-0.25, -0.2) is 0 Å². The second-order valence-corrected chi connectivity index (χ2v) is 3.19. The molecule has 0 aliphatic carbocycles. The van der Waals surface area contributed by atoms with Crippen molar-refractivity contribution in [3.63, 3.8) is 0 Å². The maximum Gasteiger partial charge on any atom is 0.311 e. The zero-order valence-corrected chi connectivity index (χ0v) is 8.64. The van der Waals surface area contributed by atoms with E-state index < -0.39 is 11.9 Å². The molecular weight excluding hydrogens is 192 g/mol. The molecule has 0 amide bonds. The van der Waals surface area contributed by atoms with Gasteiger partial charge in [0.2, 0.25) is 0 Å². The number of hydrogen-bond acceptors (Lipinski definition) is 2. The lowest BCUT2D eigenvalue weighted by Crippen LogP contribution is -2.10. The summed E-state index contributed by atoms with van der Waals surface area (Å²) in [7, 11) is 1.58. The Hall–Kier alpha value is -1.77. The number of carboxylic acid groups (broad SMARTS) is 1. The molecule has 0 saturated heterocycles. The van der Waals surface area contributed by atoms with Gasteiger partial charge in [-0.1, -0.05) is 18.2 Å². The van der Waals surface area contributed by atoms with Crippen LogP contribution in [-0.2, 0) is 4.79 Å². The molecule has 3 nitrogen and oxygen atoms in total. The van der Waals surface area contributed by atoms with Crippen molar-refractivity contribution in [3.05, 3.63) is 42.5 Å². The fourth-order valence-corrected chi connectivity index (χ4v) is 1.38. The number of hydrogen-bond donors (Lipinski definition) is 1. The zero-order valence-electron chi connectivity index (χ0n) is 8.64. The smallest absolute Gasteiger partial charge is 0.311 e. The molecule has 80 valence electrons. The van der Waals surface area contributed by atoms with E-state index in [4.69, 9.17) is 9.84 Å². The minimum Gasteiger partial charge on any atom is -0.497 e. The fraction of sp³-hybridized carbons (Fsp3) is 0.250. The zero-order chi connectivity index (χ0) is 11.3. The molecule has 0 aliphatic heterocycles. The Morgan fingerprint density at radius 2 is 2.13 bits per heavy atom. The van der Waals surface area contributed by atoms with Crippen molar-refractivity contribution in [1.82, 2.24) is 0 Å². The number of ether oxygens (including phenoxy) is 1. The molecule has 3 heteroatoms. The number of benzene rings is 1. The lowest BCUT2D eigenvalue weighted by atomic mass is 9.96. The minimum absolute atomic E-state index is 0.432. The van der Waals surface area contributed by atoms with Gasteiger partial charge in [-0.3, -0.25) is 4.79 Å². The van der Waals surface area contributed by atoms with Crippen molar-refractivity contribution >= 4 is 5.97 Å². The SMILES string of the molecule is C=CCC(C(=O)O)c1ccc(OC)cc1. The Morgan fingerprint density at radius 3 is 2.53 bits per heavy atom. The highest BCUT2D eigenvalue weighted by Gasteiger charge is 2.17. The molecule has 15 heavy (non-hydrogen) atoms. The molecule has 1 unspecified atom stereocenters. The van der Waals surface area contributed by atoms with Crippen molar-refractivity contribution in [2.75, 3.05) is 7.11 Å². The summed E-state index contributed by atoms with van der Waals surface area (Å²) < 4.78 is 5.00. The summed E-state index contributed by atoms with van der Waals surface area (Å²) in [5, 5.41) is 9.01. The van der Waals surface area contributed by atoms with E-state index in [2.05, 4.69) is 6.58 Å². The van der Waals surface area contributed by atoms with Crippen LogP contribution >= 0.6 is 0 Å². The molecule has 1 N–H and O–H groups in total. The average molecular weight is 206 g/mol. The largest absolute Gasteiger partial charge is 0.497 e. The van der Waals surface area contributed by atoms with Crippen LogP contribution in [0.15, 0.2) is 36.9 Å². The van der Waals surface area contributed by atoms with Crippen molar-refractivity contribution in [1.29, 1.82) is 0 Å². The van der Waals surface area contributed by atoms with Crippen LogP contribution in [-0.4, -0.2) is 18.2 Å². The van der Waals surface area contributed by atoms with Crippen LogP contribution in [0.4, 0.5) is 0 Å². The standard InChI is InChI=1S/C12H14O3/c1-3-4-11(12(13)14)9-5-7-10(15-2)8-6-9/h3,5-8,11H,1,4H2,2H3,(H,13,14). The Labute approximate surface area is 89.0 Å². The lowest BCUT2D eigenvalue weighted by Gasteiger charge is -2.10. The molecule has 0 bridgehead atoms. The second-order valence-electron chi connectivity index (χ2n) is 3.19. The number of allylic oxidation sites excluding steroid dienone is 1. The highest BCUT2D eigenvalue weighted by atomic mass is 16.5. The quantitative estimate of drug-likeness (QED) is 0.752. The predicted molar refractivity (Wildman–Crippen MR) is 58.2 cm³/mol. The first-order valence-electron chi connectivity index (χ1n) is 4.66. The summed E-state index contributed by atoms with van der Waals surface area (Å²) in [6, 6.07) is 7.05. The van der Waals surface area contributed by atoms with E-state index >= 15 is 0 Å². The van der Waals surface area contributed by atoms with Crippen molar-refractivity contribution in [2.45, 2.75) is 12.3 Å². The fourth-order valence-electron chi connectivity index (χ4n) is 1.38. The Kier molecular flexibility index (Phi) is 3.92. The van der Waals surface area contributed by atoms with Crippen LogP contribution in [0.1, 0.15) is 17.9 Å². The highest BCUT2D eigenvalue weighted by molar-refractivity contribution is 5.76. The van der Waals surface area contributed by atoms with Gasteiger partial charge in [-0.15, -0.1) is 6.58 Å². The van der Waals surface area contributed by atoms with E-state index in [1.165, 1.54) is 0 Å². The lowest BCUT2D eigenvalue weighted by molar-refractivity contribution is -0.138.